The highest BCUT2D eigenvalue weighted by atomic mass is 16.6. The zero-order chi connectivity index (χ0) is 33.4. The number of phenolic OH excluding ortho intramolecular Hbond substituents is 2. The van der Waals surface area contributed by atoms with Crippen LogP contribution in [0.4, 0.5) is 4.79 Å². The number of hydrogen-bond acceptors (Lipinski definition) is 8. The minimum atomic E-state index is -1.13. The molecule has 2 aromatic rings. The Labute approximate surface area is 266 Å². The monoisotopic (exact) mass is 627 g/mol. The summed E-state index contributed by atoms with van der Waals surface area (Å²) in [7, 11) is 0. The number of benzene rings is 2. The standard InChI is InChI=1S/C34H49N3O8/c1-6-8-9-10-11-22-37(30(25-14-18-27(39)19-15-25)31(41)35-21-20-29(40)44-7-2)32(42)28(36-33(43)45-34(3,4)5)23-24-12-16-26(38)17-13-24/h12-19,28,30,38-39H,6-11,20-23H2,1-5H3,(H,35,41)(H,36,43). The molecule has 0 saturated carbocycles. The molecule has 2 aromatic carbocycles. The molecule has 0 aliphatic rings. The Morgan fingerprint density at radius 3 is 2.04 bits per heavy atom. The molecule has 0 fully saturated rings. The summed E-state index contributed by atoms with van der Waals surface area (Å²) in [6.07, 6.45) is 3.70. The maximum atomic E-state index is 14.5. The van der Waals surface area contributed by atoms with E-state index in [9.17, 15) is 29.4 Å². The van der Waals surface area contributed by atoms with E-state index in [0.29, 0.717) is 17.5 Å². The van der Waals surface area contributed by atoms with Gasteiger partial charge >= 0.3 is 12.1 Å². The minimum Gasteiger partial charge on any atom is -0.508 e. The van der Waals surface area contributed by atoms with Gasteiger partial charge in [-0.25, -0.2) is 4.79 Å². The van der Waals surface area contributed by atoms with E-state index in [1.807, 2.05) is 0 Å². The fourth-order valence-electron chi connectivity index (χ4n) is 4.72. The number of amides is 3. The quantitative estimate of drug-likeness (QED) is 0.139. The lowest BCUT2D eigenvalue weighted by atomic mass is 9.99. The summed E-state index contributed by atoms with van der Waals surface area (Å²) >= 11 is 0. The molecule has 0 spiro atoms. The molecule has 0 aliphatic carbocycles. The molecule has 248 valence electrons. The van der Waals surface area contributed by atoms with Crippen LogP contribution in [0.25, 0.3) is 0 Å². The van der Waals surface area contributed by atoms with Gasteiger partial charge in [0.15, 0.2) is 0 Å². The van der Waals surface area contributed by atoms with Crippen molar-refractivity contribution in [3.8, 4) is 11.5 Å². The van der Waals surface area contributed by atoms with Crippen molar-refractivity contribution in [2.75, 3.05) is 19.7 Å². The third-order valence-electron chi connectivity index (χ3n) is 6.85. The summed E-state index contributed by atoms with van der Waals surface area (Å²) < 4.78 is 10.4. The van der Waals surface area contributed by atoms with Gasteiger partial charge in [0, 0.05) is 19.5 Å². The first-order valence-electron chi connectivity index (χ1n) is 15.6. The third kappa shape index (κ3) is 13.5. The molecule has 0 radical (unpaired) electrons. The predicted octanol–water partition coefficient (Wildman–Crippen LogP) is 5.14. The van der Waals surface area contributed by atoms with Crippen LogP contribution < -0.4 is 10.6 Å². The SMILES string of the molecule is CCCCCCCN(C(=O)C(Cc1ccc(O)cc1)NC(=O)OC(C)(C)C)C(C(=O)NCCC(=O)OCC)c1ccc(O)cc1. The first kappa shape index (κ1) is 36.9. The second-order valence-electron chi connectivity index (χ2n) is 11.9. The molecular formula is C34H49N3O8. The van der Waals surface area contributed by atoms with Gasteiger partial charge in [0.05, 0.1) is 13.0 Å². The molecule has 4 N–H and O–H groups in total. The summed E-state index contributed by atoms with van der Waals surface area (Å²) in [5.74, 6) is -1.44. The van der Waals surface area contributed by atoms with Crippen LogP contribution in [0.15, 0.2) is 48.5 Å². The van der Waals surface area contributed by atoms with Crippen molar-refractivity contribution in [3.63, 3.8) is 0 Å². The normalized spacial score (nSPS) is 12.5. The van der Waals surface area contributed by atoms with E-state index in [4.69, 9.17) is 9.47 Å². The highest BCUT2D eigenvalue weighted by molar-refractivity contribution is 5.92. The first-order chi connectivity index (χ1) is 21.3. The lowest BCUT2D eigenvalue weighted by molar-refractivity contribution is -0.144. The average Bonchev–Trinajstić information content (AvgIpc) is 2.97. The Morgan fingerprint density at radius 1 is 0.867 bits per heavy atom. The van der Waals surface area contributed by atoms with Gasteiger partial charge in [-0.3, -0.25) is 14.4 Å². The number of alkyl carbamates (subject to hydrolysis) is 1. The van der Waals surface area contributed by atoms with Gasteiger partial charge in [0.25, 0.3) is 0 Å². The maximum absolute atomic E-state index is 14.5. The zero-order valence-electron chi connectivity index (χ0n) is 27.1. The Hall–Kier alpha value is -4.28. The lowest BCUT2D eigenvalue weighted by Gasteiger charge is -2.34. The molecule has 0 aliphatic heterocycles. The van der Waals surface area contributed by atoms with Crippen LogP contribution in [0.5, 0.6) is 11.5 Å². The van der Waals surface area contributed by atoms with Gasteiger partial charge in [0.2, 0.25) is 11.8 Å². The Morgan fingerprint density at radius 2 is 1.47 bits per heavy atom. The van der Waals surface area contributed by atoms with Crippen LogP contribution in [0, 0.1) is 0 Å². The van der Waals surface area contributed by atoms with Gasteiger partial charge in [-0.15, -0.1) is 0 Å². The number of hydrogen-bond donors (Lipinski definition) is 4. The van der Waals surface area contributed by atoms with Gasteiger partial charge < -0.3 is 35.2 Å². The molecular weight excluding hydrogens is 578 g/mol. The van der Waals surface area contributed by atoms with Crippen LogP contribution >= 0.6 is 0 Å². The average molecular weight is 628 g/mol. The van der Waals surface area contributed by atoms with Crippen molar-refractivity contribution in [2.24, 2.45) is 0 Å². The number of carbonyl (C=O) groups is 4. The molecule has 11 nitrogen and oxygen atoms in total. The smallest absolute Gasteiger partial charge is 0.408 e. The molecule has 3 amide bonds. The molecule has 0 saturated heterocycles. The predicted molar refractivity (Wildman–Crippen MR) is 171 cm³/mol. The second-order valence-corrected chi connectivity index (χ2v) is 11.9. The Bertz CT molecular complexity index is 1230. The largest absolute Gasteiger partial charge is 0.508 e. The minimum absolute atomic E-state index is 0.00211. The van der Waals surface area contributed by atoms with Crippen molar-refractivity contribution >= 4 is 23.9 Å². The molecule has 2 atom stereocenters. The van der Waals surface area contributed by atoms with Crippen molar-refractivity contribution in [2.45, 2.75) is 97.2 Å². The lowest BCUT2D eigenvalue weighted by Crippen LogP contribution is -2.54. The zero-order valence-corrected chi connectivity index (χ0v) is 27.1. The first-order valence-corrected chi connectivity index (χ1v) is 15.6. The molecule has 0 aromatic heterocycles. The van der Waals surface area contributed by atoms with Crippen molar-refractivity contribution in [1.29, 1.82) is 0 Å². The van der Waals surface area contributed by atoms with E-state index in [0.717, 1.165) is 25.7 Å². The molecule has 45 heavy (non-hydrogen) atoms. The van der Waals surface area contributed by atoms with Crippen LogP contribution in [-0.4, -0.2) is 70.3 Å². The van der Waals surface area contributed by atoms with Crippen molar-refractivity contribution in [3.05, 3.63) is 59.7 Å². The molecule has 2 rings (SSSR count). The van der Waals surface area contributed by atoms with Crippen LogP contribution in [-0.2, 0) is 30.3 Å². The summed E-state index contributed by atoms with van der Waals surface area (Å²) in [6.45, 7) is 9.37. The molecule has 0 bridgehead atoms. The van der Waals surface area contributed by atoms with Crippen molar-refractivity contribution in [1.82, 2.24) is 15.5 Å². The van der Waals surface area contributed by atoms with E-state index in [1.165, 1.54) is 29.2 Å². The number of esters is 1. The summed E-state index contributed by atoms with van der Waals surface area (Å²) in [6, 6.07) is 10.1. The molecule has 11 heteroatoms. The van der Waals surface area contributed by atoms with Crippen LogP contribution in [0.1, 0.15) is 90.3 Å². The van der Waals surface area contributed by atoms with E-state index >= 15 is 0 Å². The Balaban J connectivity index is 2.51. The fourth-order valence-corrected chi connectivity index (χ4v) is 4.72. The summed E-state index contributed by atoms with van der Waals surface area (Å²) in [4.78, 5) is 54.6. The number of rotatable bonds is 17. The van der Waals surface area contributed by atoms with E-state index in [1.54, 1.807) is 52.0 Å². The van der Waals surface area contributed by atoms with E-state index in [2.05, 4.69) is 17.6 Å². The number of aromatic hydroxyl groups is 2. The second kappa shape index (κ2) is 18.5. The van der Waals surface area contributed by atoms with Crippen LogP contribution in [0.2, 0.25) is 0 Å². The number of unbranched alkanes of at least 4 members (excludes halogenated alkanes) is 4. The number of nitrogens with one attached hydrogen (secondary N) is 2. The van der Waals surface area contributed by atoms with E-state index < -0.39 is 41.6 Å². The molecule has 0 heterocycles. The maximum Gasteiger partial charge on any atom is 0.408 e. The fraction of sp³-hybridized carbons (Fsp3) is 0.529. The number of ether oxygens (including phenoxy) is 2. The Kier molecular flexibility index (Phi) is 15.2. The van der Waals surface area contributed by atoms with E-state index in [-0.39, 0.29) is 44.0 Å². The topological polar surface area (TPSA) is 154 Å². The van der Waals surface area contributed by atoms with Gasteiger partial charge in [-0.05, 0) is 69.5 Å². The number of carbonyl (C=O) groups excluding carboxylic acids is 4. The van der Waals surface area contributed by atoms with Gasteiger partial charge in [0.1, 0.15) is 29.2 Å². The highest BCUT2D eigenvalue weighted by Crippen LogP contribution is 2.26. The highest BCUT2D eigenvalue weighted by Gasteiger charge is 2.36. The van der Waals surface area contributed by atoms with Gasteiger partial charge in [-0.2, -0.15) is 0 Å². The molecule has 2 unspecified atom stereocenters. The number of phenols is 2. The number of nitrogens with zero attached hydrogens (tertiary/aromatic N) is 1. The van der Waals surface area contributed by atoms with Gasteiger partial charge in [-0.1, -0.05) is 56.9 Å². The third-order valence-corrected chi connectivity index (χ3v) is 6.85. The summed E-state index contributed by atoms with van der Waals surface area (Å²) in [5.41, 5.74) is 0.303. The van der Waals surface area contributed by atoms with Crippen LogP contribution in [0.3, 0.4) is 0 Å². The summed E-state index contributed by atoms with van der Waals surface area (Å²) in [5, 5.41) is 25.2. The van der Waals surface area contributed by atoms with Crippen molar-refractivity contribution < 1.29 is 38.9 Å².